The molecule has 2 N–H and O–H groups in total. The SMILES string of the molecule is CN1C(=O)C2(CC[NH2+]C2c2ccccc2)c2ccccc21.[Cl-]. The summed E-state index contributed by atoms with van der Waals surface area (Å²) in [4.78, 5) is 14.9. The van der Waals surface area contributed by atoms with Gasteiger partial charge in [0.05, 0.1) is 6.54 Å². The first-order valence-corrected chi connectivity index (χ1v) is 7.51. The second kappa shape index (κ2) is 5.41. The van der Waals surface area contributed by atoms with Crippen LogP contribution in [0, 0.1) is 0 Å². The highest BCUT2D eigenvalue weighted by Gasteiger charge is 2.60. The number of para-hydroxylation sites is 1. The summed E-state index contributed by atoms with van der Waals surface area (Å²) in [6.45, 7) is 0.994. The van der Waals surface area contributed by atoms with E-state index in [1.807, 2.05) is 30.1 Å². The standard InChI is InChI=1S/C18H18N2O.ClH/c1-20-15-10-6-5-9-14(15)18(17(20)21)11-12-19-16(18)13-7-3-2-4-8-13;/h2-10,16,19H,11-12H2,1H3;1H. The van der Waals surface area contributed by atoms with Crippen LogP contribution in [-0.4, -0.2) is 19.5 Å². The number of halogens is 1. The number of likely N-dealkylation sites (N-methyl/N-ethyl adjacent to an activating group) is 1. The van der Waals surface area contributed by atoms with Crippen molar-refractivity contribution in [3.63, 3.8) is 0 Å². The molecule has 0 aromatic heterocycles. The number of fused-ring (bicyclic) bond motifs is 2. The largest absolute Gasteiger partial charge is 1.00 e. The molecule has 2 unspecified atom stereocenters. The summed E-state index contributed by atoms with van der Waals surface area (Å²) >= 11 is 0. The number of anilines is 1. The monoisotopic (exact) mass is 314 g/mol. The molecule has 4 rings (SSSR count). The molecule has 1 saturated heterocycles. The third-order valence-electron chi connectivity index (χ3n) is 5.06. The number of carbonyl (C=O) groups excluding carboxylic acids is 1. The lowest BCUT2D eigenvalue weighted by molar-refractivity contribution is -0.679. The Morgan fingerprint density at radius 1 is 1.09 bits per heavy atom. The van der Waals surface area contributed by atoms with Crippen molar-refractivity contribution in [2.24, 2.45) is 0 Å². The van der Waals surface area contributed by atoms with Crippen LogP contribution in [0.3, 0.4) is 0 Å². The molecule has 114 valence electrons. The predicted molar refractivity (Wildman–Crippen MR) is 82.1 cm³/mol. The summed E-state index contributed by atoms with van der Waals surface area (Å²) in [5.74, 6) is 0.242. The van der Waals surface area contributed by atoms with Crippen molar-refractivity contribution >= 4 is 11.6 Å². The van der Waals surface area contributed by atoms with Crippen molar-refractivity contribution in [1.82, 2.24) is 0 Å². The number of rotatable bonds is 1. The Morgan fingerprint density at radius 3 is 2.55 bits per heavy atom. The quantitative estimate of drug-likeness (QED) is 0.692. The first-order chi connectivity index (χ1) is 10.2. The molecular formula is C18H19ClN2O. The van der Waals surface area contributed by atoms with Gasteiger partial charge in [0.2, 0.25) is 5.91 Å². The van der Waals surface area contributed by atoms with E-state index in [0.717, 1.165) is 18.7 Å². The molecular weight excluding hydrogens is 296 g/mol. The highest BCUT2D eigenvalue weighted by molar-refractivity contribution is 6.08. The minimum absolute atomic E-state index is 0. The van der Waals surface area contributed by atoms with Gasteiger partial charge in [0.15, 0.2) is 0 Å². The Labute approximate surface area is 136 Å². The zero-order chi connectivity index (χ0) is 14.4. The first kappa shape index (κ1) is 15.1. The molecule has 1 amide bonds. The van der Waals surface area contributed by atoms with Gasteiger partial charge < -0.3 is 22.6 Å². The summed E-state index contributed by atoms with van der Waals surface area (Å²) < 4.78 is 0. The van der Waals surface area contributed by atoms with E-state index in [0.29, 0.717) is 0 Å². The van der Waals surface area contributed by atoms with E-state index in [-0.39, 0.29) is 24.4 Å². The van der Waals surface area contributed by atoms with Crippen LogP contribution in [-0.2, 0) is 10.2 Å². The van der Waals surface area contributed by atoms with E-state index < -0.39 is 5.41 Å². The molecule has 2 aromatic rings. The van der Waals surface area contributed by atoms with Gasteiger partial charge in [-0.3, -0.25) is 4.79 Å². The second-order valence-electron chi connectivity index (χ2n) is 6.02. The summed E-state index contributed by atoms with van der Waals surface area (Å²) in [7, 11) is 1.90. The molecule has 2 atom stereocenters. The lowest BCUT2D eigenvalue weighted by atomic mass is 9.73. The lowest BCUT2D eigenvalue weighted by Crippen LogP contribution is -3.00. The number of nitrogens with zero attached hydrogens (tertiary/aromatic N) is 1. The fourth-order valence-corrected chi connectivity index (χ4v) is 4.12. The van der Waals surface area contributed by atoms with Crippen molar-refractivity contribution < 1.29 is 22.5 Å². The number of hydrogen-bond donors (Lipinski definition) is 1. The average Bonchev–Trinajstić information content (AvgIpc) is 3.07. The van der Waals surface area contributed by atoms with E-state index >= 15 is 0 Å². The fraction of sp³-hybridized carbons (Fsp3) is 0.278. The van der Waals surface area contributed by atoms with Crippen molar-refractivity contribution in [3.8, 4) is 0 Å². The van der Waals surface area contributed by atoms with Crippen molar-refractivity contribution in [1.29, 1.82) is 0 Å². The summed E-state index contributed by atoms with van der Waals surface area (Å²) in [6.07, 6.45) is 0.909. The van der Waals surface area contributed by atoms with Crippen LogP contribution in [0.1, 0.15) is 23.6 Å². The van der Waals surface area contributed by atoms with Gasteiger partial charge in [0.1, 0.15) is 11.5 Å². The summed E-state index contributed by atoms with van der Waals surface area (Å²) in [6, 6.07) is 18.9. The van der Waals surface area contributed by atoms with Crippen molar-refractivity contribution in [3.05, 3.63) is 65.7 Å². The molecule has 1 spiro atoms. The number of quaternary nitrogens is 1. The van der Waals surface area contributed by atoms with Crippen LogP contribution in [0.5, 0.6) is 0 Å². The van der Waals surface area contributed by atoms with Gasteiger partial charge in [-0.1, -0.05) is 48.5 Å². The minimum Gasteiger partial charge on any atom is -1.00 e. The molecule has 1 fully saturated rings. The fourth-order valence-electron chi connectivity index (χ4n) is 4.12. The third kappa shape index (κ3) is 1.82. The van der Waals surface area contributed by atoms with E-state index in [4.69, 9.17) is 0 Å². The molecule has 0 saturated carbocycles. The Hall–Kier alpha value is -1.84. The number of carbonyl (C=O) groups is 1. The van der Waals surface area contributed by atoms with Crippen LogP contribution in [0.4, 0.5) is 5.69 Å². The Balaban J connectivity index is 0.00000144. The normalized spacial score (nSPS) is 26.1. The molecule has 0 aliphatic carbocycles. The number of nitrogens with two attached hydrogens (primary N) is 1. The van der Waals surface area contributed by atoms with E-state index in [2.05, 4.69) is 41.7 Å². The molecule has 0 radical (unpaired) electrons. The average molecular weight is 315 g/mol. The van der Waals surface area contributed by atoms with Crippen LogP contribution in [0.2, 0.25) is 0 Å². The molecule has 2 heterocycles. The molecule has 0 bridgehead atoms. The number of amides is 1. The van der Waals surface area contributed by atoms with Gasteiger partial charge in [0.25, 0.3) is 0 Å². The van der Waals surface area contributed by atoms with Crippen LogP contribution < -0.4 is 22.6 Å². The zero-order valence-corrected chi connectivity index (χ0v) is 13.3. The van der Waals surface area contributed by atoms with Crippen molar-refractivity contribution in [2.45, 2.75) is 17.9 Å². The second-order valence-corrected chi connectivity index (χ2v) is 6.02. The van der Waals surface area contributed by atoms with Crippen molar-refractivity contribution in [2.75, 3.05) is 18.5 Å². The zero-order valence-electron chi connectivity index (χ0n) is 12.5. The highest BCUT2D eigenvalue weighted by atomic mass is 35.5. The van der Waals surface area contributed by atoms with E-state index in [1.165, 1.54) is 11.1 Å². The molecule has 3 nitrogen and oxygen atoms in total. The first-order valence-electron chi connectivity index (χ1n) is 7.51. The van der Waals surface area contributed by atoms with Gasteiger partial charge in [-0.2, -0.15) is 0 Å². The smallest absolute Gasteiger partial charge is 0.244 e. The molecule has 2 aromatic carbocycles. The van der Waals surface area contributed by atoms with Crippen LogP contribution in [0.15, 0.2) is 54.6 Å². The van der Waals surface area contributed by atoms with E-state index in [1.54, 1.807) is 0 Å². The summed E-state index contributed by atoms with van der Waals surface area (Å²) in [5, 5.41) is 2.32. The van der Waals surface area contributed by atoms with E-state index in [9.17, 15) is 4.79 Å². The van der Waals surface area contributed by atoms with Gasteiger partial charge in [0, 0.05) is 24.7 Å². The Kier molecular flexibility index (Phi) is 3.71. The topological polar surface area (TPSA) is 36.9 Å². The highest BCUT2D eigenvalue weighted by Crippen LogP contribution is 2.50. The Morgan fingerprint density at radius 2 is 1.77 bits per heavy atom. The van der Waals surface area contributed by atoms with Gasteiger partial charge >= 0.3 is 0 Å². The Bertz CT molecular complexity index is 703. The third-order valence-corrected chi connectivity index (χ3v) is 5.06. The maximum atomic E-state index is 13.1. The van der Waals surface area contributed by atoms with Gasteiger partial charge in [-0.15, -0.1) is 0 Å². The molecule has 22 heavy (non-hydrogen) atoms. The summed E-state index contributed by atoms with van der Waals surface area (Å²) in [5.41, 5.74) is 3.11. The number of benzene rings is 2. The van der Waals surface area contributed by atoms with Gasteiger partial charge in [-0.25, -0.2) is 0 Å². The van der Waals surface area contributed by atoms with Crippen LogP contribution in [0.25, 0.3) is 0 Å². The van der Waals surface area contributed by atoms with Crippen LogP contribution >= 0.6 is 0 Å². The number of hydrogen-bond acceptors (Lipinski definition) is 1. The maximum Gasteiger partial charge on any atom is 0.244 e. The predicted octanol–water partition coefficient (Wildman–Crippen LogP) is -1.39. The molecule has 2 aliphatic heterocycles. The lowest BCUT2D eigenvalue weighted by Gasteiger charge is -2.27. The van der Waals surface area contributed by atoms with Gasteiger partial charge in [-0.05, 0) is 11.6 Å². The maximum absolute atomic E-state index is 13.1. The molecule has 2 aliphatic rings. The minimum atomic E-state index is -0.396. The molecule has 4 heteroatoms.